The van der Waals surface area contributed by atoms with Crippen molar-refractivity contribution in [3.05, 3.63) is 60.8 Å². The van der Waals surface area contributed by atoms with Gasteiger partial charge in [0.2, 0.25) is 0 Å². The summed E-state index contributed by atoms with van der Waals surface area (Å²) in [6.45, 7) is 4.40. The Morgan fingerprint density at radius 2 is 0.594 bits per heavy atom. The highest BCUT2D eigenvalue weighted by molar-refractivity contribution is 7.47. The molecule has 0 aromatic carbocycles. The molecule has 96 heavy (non-hydrogen) atoms. The molecule has 0 bridgehead atoms. The molecule has 2 atom stereocenters. The van der Waals surface area contributed by atoms with Gasteiger partial charge in [-0.2, -0.15) is 0 Å². The minimum absolute atomic E-state index is 0.0351. The third-order valence-corrected chi connectivity index (χ3v) is 20.0. The van der Waals surface area contributed by atoms with Gasteiger partial charge in [-0.3, -0.25) is 18.6 Å². The molecule has 0 aliphatic rings. The normalized spacial score (nSPS) is 13.3. The van der Waals surface area contributed by atoms with Crippen molar-refractivity contribution in [1.29, 1.82) is 0 Å². The van der Waals surface area contributed by atoms with Crippen LogP contribution >= 0.6 is 7.82 Å². The molecule has 9 nitrogen and oxygen atoms in total. The first-order valence-corrected chi connectivity index (χ1v) is 43.5. The van der Waals surface area contributed by atoms with Crippen molar-refractivity contribution >= 4 is 19.8 Å². The Labute approximate surface area is 597 Å². The van der Waals surface area contributed by atoms with Gasteiger partial charge >= 0.3 is 19.8 Å². The summed E-state index contributed by atoms with van der Waals surface area (Å²) in [6.07, 6.45) is 104. The van der Waals surface area contributed by atoms with Crippen molar-refractivity contribution in [2.24, 2.45) is 0 Å². The van der Waals surface area contributed by atoms with Crippen LogP contribution in [-0.4, -0.2) is 74.9 Å². The highest BCUT2D eigenvalue weighted by Gasteiger charge is 2.27. The summed E-state index contributed by atoms with van der Waals surface area (Å²) in [5.74, 6) is -0.770. The van der Waals surface area contributed by atoms with E-state index >= 15 is 0 Å². The van der Waals surface area contributed by atoms with Gasteiger partial charge in [-0.25, -0.2) is 4.57 Å². The Morgan fingerprint density at radius 3 is 0.885 bits per heavy atom. The van der Waals surface area contributed by atoms with Crippen molar-refractivity contribution in [2.75, 3.05) is 47.5 Å². The van der Waals surface area contributed by atoms with Crippen LogP contribution in [0, 0.1) is 0 Å². The summed E-state index contributed by atoms with van der Waals surface area (Å²) in [5.41, 5.74) is 0. The predicted molar refractivity (Wildman–Crippen MR) is 418 cm³/mol. The monoisotopic (exact) mass is 1370 g/mol. The third kappa shape index (κ3) is 80.7. The van der Waals surface area contributed by atoms with Crippen LogP contribution < -0.4 is 0 Å². The summed E-state index contributed by atoms with van der Waals surface area (Å²) in [7, 11) is 1.50. The van der Waals surface area contributed by atoms with Gasteiger partial charge in [0.25, 0.3) is 0 Å². The van der Waals surface area contributed by atoms with Crippen molar-refractivity contribution in [2.45, 2.75) is 431 Å². The molecule has 0 aromatic rings. The number of hydrogen-bond donors (Lipinski definition) is 1. The zero-order chi connectivity index (χ0) is 69.7. The zero-order valence-corrected chi connectivity index (χ0v) is 65.5. The summed E-state index contributed by atoms with van der Waals surface area (Å²) >= 11 is 0. The largest absolute Gasteiger partial charge is 0.472 e. The molecular formula is C86H163NO8P+. The van der Waals surface area contributed by atoms with Crippen LogP contribution in [0.15, 0.2) is 60.8 Å². The lowest BCUT2D eigenvalue weighted by molar-refractivity contribution is -0.870. The number of carbonyl (C=O) groups is 2. The highest BCUT2D eigenvalue weighted by Crippen LogP contribution is 2.43. The van der Waals surface area contributed by atoms with E-state index in [-0.39, 0.29) is 25.6 Å². The van der Waals surface area contributed by atoms with E-state index in [1.54, 1.807) is 0 Å². The number of nitrogens with zero attached hydrogens (tertiary/aromatic N) is 1. The second-order valence-corrected chi connectivity index (χ2v) is 31.3. The van der Waals surface area contributed by atoms with Crippen molar-refractivity contribution in [1.82, 2.24) is 0 Å². The Bertz CT molecular complexity index is 1800. The lowest BCUT2D eigenvalue weighted by Crippen LogP contribution is -2.37. The van der Waals surface area contributed by atoms with Gasteiger partial charge in [-0.15, -0.1) is 0 Å². The van der Waals surface area contributed by atoms with Crippen LogP contribution in [0.5, 0.6) is 0 Å². The molecule has 0 rings (SSSR count). The van der Waals surface area contributed by atoms with Gasteiger partial charge in [0.15, 0.2) is 6.10 Å². The van der Waals surface area contributed by atoms with E-state index in [1.807, 2.05) is 21.1 Å². The summed E-state index contributed by atoms with van der Waals surface area (Å²) in [5, 5.41) is 0. The SMILES string of the molecule is CC/C=C\C/C=C\C/C=C\C/C=C\C/C=C\CCCCCCCCCCCCCCCCCCCCCCCCCCCC(=O)OC(COC(=O)CCCCCCCCCCCCCCCCCCCCCCCCCCCCCCCCC)COP(=O)(O)OCC[N+](C)(C)C. The number of likely N-dealkylation sites (N-methyl/N-ethyl adjacent to an activating group) is 1. The molecule has 0 aromatic heterocycles. The molecule has 0 amide bonds. The lowest BCUT2D eigenvalue weighted by Gasteiger charge is -2.24. The van der Waals surface area contributed by atoms with Gasteiger partial charge in [0.1, 0.15) is 19.8 Å². The molecule has 0 saturated carbocycles. The smallest absolute Gasteiger partial charge is 0.462 e. The molecule has 0 heterocycles. The predicted octanol–water partition coefficient (Wildman–Crippen LogP) is 28.1. The number of ether oxygens (including phenoxy) is 2. The maximum Gasteiger partial charge on any atom is 0.472 e. The first-order chi connectivity index (χ1) is 47.0. The van der Waals surface area contributed by atoms with Crippen LogP contribution in [0.2, 0.25) is 0 Å². The van der Waals surface area contributed by atoms with Gasteiger partial charge in [-0.05, 0) is 57.8 Å². The van der Waals surface area contributed by atoms with Gasteiger partial charge in [-0.1, -0.05) is 415 Å². The van der Waals surface area contributed by atoms with Crippen LogP contribution in [0.3, 0.4) is 0 Å². The molecular weight excluding hydrogens is 1210 g/mol. The molecule has 2 unspecified atom stereocenters. The number of esters is 2. The van der Waals surface area contributed by atoms with Crippen molar-refractivity contribution < 1.29 is 42.1 Å². The van der Waals surface area contributed by atoms with Crippen molar-refractivity contribution in [3.8, 4) is 0 Å². The number of phosphoric ester groups is 1. The number of unbranched alkanes of at least 4 members (excludes halogenated alkanes) is 55. The molecule has 10 heteroatoms. The van der Waals surface area contributed by atoms with E-state index in [2.05, 4.69) is 74.6 Å². The van der Waals surface area contributed by atoms with Gasteiger partial charge < -0.3 is 18.9 Å². The average molecular weight is 1370 g/mol. The Kier molecular flexibility index (Phi) is 75.0. The number of quaternary nitrogens is 1. The second kappa shape index (κ2) is 76.9. The fraction of sp³-hybridized carbons (Fsp3) is 0.860. The standard InChI is InChI=1S/C86H162NO8P/c1-6-8-10-12-14-16-18-20-22-24-26-28-30-32-34-36-38-39-40-41-42-43-44-45-46-47-49-51-53-55-57-59-61-63-65-67-69-71-73-75-77-79-86(89)95-84(83-94-96(90,91)93-81-80-87(3,4)5)82-92-85(88)78-76-74-72-70-68-66-64-62-60-58-56-54-52-50-48-37-35-33-31-29-27-25-23-21-19-17-15-13-11-9-7-2/h8,10,14,16,20,22,26,28,32,34,84H,6-7,9,11-13,15,17-19,21,23-25,27,29-31,33,35-83H2,1-5H3/p+1/b10-8-,16-14-,22-20-,28-26-,34-32-. The van der Waals surface area contributed by atoms with E-state index in [4.69, 9.17) is 18.5 Å². The number of carbonyl (C=O) groups excluding carboxylic acids is 2. The molecule has 0 radical (unpaired) electrons. The summed E-state index contributed by atoms with van der Waals surface area (Å²) in [6, 6.07) is 0. The first kappa shape index (κ1) is 93.7. The number of hydrogen-bond acceptors (Lipinski definition) is 7. The Morgan fingerprint density at radius 1 is 0.333 bits per heavy atom. The minimum Gasteiger partial charge on any atom is -0.462 e. The maximum absolute atomic E-state index is 12.9. The third-order valence-electron chi connectivity index (χ3n) is 19.1. The Hall–Kier alpha value is -2.29. The van der Waals surface area contributed by atoms with Crippen LogP contribution in [0.4, 0.5) is 0 Å². The zero-order valence-electron chi connectivity index (χ0n) is 64.6. The molecule has 0 fully saturated rings. The molecule has 0 saturated heterocycles. The molecule has 0 aliphatic carbocycles. The highest BCUT2D eigenvalue weighted by atomic mass is 31.2. The van der Waals surface area contributed by atoms with Gasteiger partial charge in [0.05, 0.1) is 27.7 Å². The number of rotatable bonds is 79. The van der Waals surface area contributed by atoms with E-state index < -0.39 is 26.5 Å². The lowest BCUT2D eigenvalue weighted by atomic mass is 10.0. The Balaban J connectivity index is 3.87. The number of allylic oxidation sites excluding steroid dienone is 10. The summed E-state index contributed by atoms with van der Waals surface area (Å²) in [4.78, 5) is 36.0. The van der Waals surface area contributed by atoms with Crippen LogP contribution in [0.1, 0.15) is 425 Å². The molecule has 1 N–H and O–H groups in total. The first-order valence-electron chi connectivity index (χ1n) is 42.0. The topological polar surface area (TPSA) is 108 Å². The fourth-order valence-electron chi connectivity index (χ4n) is 12.7. The quantitative estimate of drug-likeness (QED) is 0.0211. The van der Waals surface area contributed by atoms with Gasteiger partial charge in [0, 0.05) is 12.8 Å². The van der Waals surface area contributed by atoms with E-state index in [0.717, 1.165) is 64.2 Å². The average Bonchev–Trinajstić information content (AvgIpc) is 2.54. The second-order valence-electron chi connectivity index (χ2n) is 29.8. The van der Waals surface area contributed by atoms with E-state index in [9.17, 15) is 19.0 Å². The fourth-order valence-corrected chi connectivity index (χ4v) is 13.4. The molecule has 564 valence electrons. The summed E-state index contributed by atoms with van der Waals surface area (Å²) < 4.78 is 34.9. The maximum atomic E-state index is 12.9. The number of phosphoric acid groups is 1. The van der Waals surface area contributed by atoms with E-state index in [1.165, 1.54) is 327 Å². The van der Waals surface area contributed by atoms with Crippen LogP contribution in [0.25, 0.3) is 0 Å². The molecule has 0 aliphatic heterocycles. The minimum atomic E-state index is -4.39. The van der Waals surface area contributed by atoms with Crippen LogP contribution in [-0.2, 0) is 32.7 Å². The van der Waals surface area contributed by atoms with Crippen molar-refractivity contribution in [3.63, 3.8) is 0 Å². The molecule has 0 spiro atoms. The van der Waals surface area contributed by atoms with E-state index in [0.29, 0.717) is 23.9 Å².